The van der Waals surface area contributed by atoms with Crippen molar-refractivity contribution in [3.8, 4) is 0 Å². The third-order valence-electron chi connectivity index (χ3n) is 3.13. The quantitative estimate of drug-likeness (QED) is 0.870. The highest BCUT2D eigenvalue weighted by atomic mass is 35.5. The number of nitrogens with zero attached hydrogens (tertiary/aromatic N) is 2. The Morgan fingerprint density at radius 3 is 2.61 bits per heavy atom. The predicted molar refractivity (Wildman–Crippen MR) is 81.2 cm³/mol. The zero-order valence-corrected chi connectivity index (χ0v) is 12.8. The molecule has 1 aromatic rings. The number of hydrogen-bond donors (Lipinski definition) is 1. The van der Waals surface area contributed by atoms with Gasteiger partial charge in [-0.15, -0.1) is 24.8 Å². The zero-order chi connectivity index (χ0) is 11.4. The second-order valence-electron chi connectivity index (χ2n) is 4.09. The molecule has 1 aliphatic heterocycles. The summed E-state index contributed by atoms with van der Waals surface area (Å²) in [5.74, 6) is 0. The van der Waals surface area contributed by atoms with E-state index in [1.165, 1.54) is 0 Å². The second kappa shape index (κ2) is 8.94. The topological polar surface area (TPSA) is 28.2 Å². The van der Waals surface area contributed by atoms with Crippen molar-refractivity contribution < 1.29 is 0 Å². The smallest absolute Gasteiger partial charge is 0.133 e. The van der Waals surface area contributed by atoms with E-state index >= 15 is 0 Å². The van der Waals surface area contributed by atoms with Crippen LogP contribution in [0.3, 0.4) is 0 Å². The van der Waals surface area contributed by atoms with Crippen molar-refractivity contribution in [3.63, 3.8) is 0 Å². The van der Waals surface area contributed by atoms with E-state index in [0.717, 1.165) is 38.2 Å². The van der Waals surface area contributed by atoms with Crippen molar-refractivity contribution >= 4 is 36.4 Å². The molecule has 3 nitrogen and oxygen atoms in total. The monoisotopic (exact) mass is 311 g/mol. The summed E-state index contributed by atoms with van der Waals surface area (Å²) in [7, 11) is 0. The molecule has 0 bridgehead atoms. The molecule has 0 saturated carbocycles. The van der Waals surface area contributed by atoms with Gasteiger partial charge in [0.15, 0.2) is 0 Å². The van der Waals surface area contributed by atoms with Crippen LogP contribution in [0.15, 0.2) is 18.3 Å². The summed E-state index contributed by atoms with van der Waals surface area (Å²) in [4.78, 5) is 6.65. The first-order valence-electron chi connectivity index (χ1n) is 5.88. The van der Waals surface area contributed by atoms with Crippen LogP contribution in [-0.4, -0.2) is 36.1 Å². The maximum atomic E-state index is 6.16. The Balaban J connectivity index is 0.00000144. The largest absolute Gasteiger partial charge is 0.314 e. The fourth-order valence-electron chi connectivity index (χ4n) is 2.32. The van der Waals surface area contributed by atoms with Gasteiger partial charge in [-0.25, -0.2) is 4.98 Å². The summed E-state index contributed by atoms with van der Waals surface area (Å²) < 4.78 is 0. The highest BCUT2D eigenvalue weighted by Gasteiger charge is 2.22. The van der Waals surface area contributed by atoms with E-state index in [9.17, 15) is 0 Å². The van der Waals surface area contributed by atoms with E-state index in [-0.39, 0.29) is 24.8 Å². The van der Waals surface area contributed by atoms with Crippen molar-refractivity contribution in [2.45, 2.75) is 19.4 Å². The number of halogens is 3. The number of hydrogen-bond acceptors (Lipinski definition) is 3. The van der Waals surface area contributed by atoms with Crippen molar-refractivity contribution in [1.29, 1.82) is 0 Å². The molecule has 0 aromatic carbocycles. The molecule has 0 aliphatic carbocycles. The van der Waals surface area contributed by atoms with Gasteiger partial charge in [-0.05, 0) is 12.5 Å². The fourth-order valence-corrected chi connectivity index (χ4v) is 2.56. The van der Waals surface area contributed by atoms with Gasteiger partial charge in [-0.1, -0.05) is 24.6 Å². The number of rotatable bonds is 3. The Morgan fingerprint density at radius 2 is 2.06 bits per heavy atom. The number of nitrogens with one attached hydrogen (secondary N) is 1. The Labute approximate surface area is 126 Å². The Bertz CT molecular complexity index is 343. The summed E-state index contributed by atoms with van der Waals surface area (Å²) in [5.41, 5.74) is 1.16. The minimum Gasteiger partial charge on any atom is -0.314 e. The predicted octanol–water partition coefficient (Wildman–Crippen LogP) is 2.93. The van der Waals surface area contributed by atoms with Gasteiger partial charge in [0.1, 0.15) is 5.15 Å². The van der Waals surface area contributed by atoms with E-state index in [4.69, 9.17) is 11.6 Å². The van der Waals surface area contributed by atoms with Gasteiger partial charge in [-0.3, -0.25) is 4.90 Å². The van der Waals surface area contributed by atoms with E-state index in [0.29, 0.717) is 11.2 Å². The fraction of sp³-hybridized carbons (Fsp3) is 0.583. The summed E-state index contributed by atoms with van der Waals surface area (Å²) in [6.07, 6.45) is 2.82. The molecule has 1 N–H and O–H groups in total. The number of piperazine rings is 1. The SMILES string of the molecule is CC[C@@H](c1cccnc1Cl)N1CCNCC1.Cl.Cl. The average molecular weight is 313 g/mol. The lowest BCUT2D eigenvalue weighted by Crippen LogP contribution is -2.45. The van der Waals surface area contributed by atoms with Crippen molar-refractivity contribution in [3.05, 3.63) is 29.0 Å². The molecule has 1 fully saturated rings. The first-order chi connectivity index (χ1) is 7.83. The van der Waals surface area contributed by atoms with Crippen molar-refractivity contribution in [2.24, 2.45) is 0 Å². The summed E-state index contributed by atoms with van der Waals surface area (Å²) in [6.45, 7) is 6.51. The minimum atomic E-state index is 0. The van der Waals surface area contributed by atoms with Gasteiger partial charge in [-0.2, -0.15) is 0 Å². The van der Waals surface area contributed by atoms with Crippen molar-refractivity contribution in [1.82, 2.24) is 15.2 Å². The lowest BCUT2D eigenvalue weighted by molar-refractivity contribution is 0.169. The standard InChI is InChI=1S/C12H18ClN3.2ClH/c1-2-11(16-8-6-14-7-9-16)10-4-3-5-15-12(10)13;;/h3-5,11,14H,2,6-9H2,1H3;2*1H/t11-;;/m0../s1. The molecular weight excluding hydrogens is 293 g/mol. The molecule has 0 amide bonds. The second-order valence-corrected chi connectivity index (χ2v) is 4.45. The summed E-state index contributed by atoms with van der Waals surface area (Å²) in [5, 5.41) is 4.02. The molecular formula is C12H20Cl3N3. The molecule has 0 radical (unpaired) electrons. The number of aromatic nitrogens is 1. The van der Waals surface area contributed by atoms with Gasteiger partial charge in [0.2, 0.25) is 0 Å². The minimum absolute atomic E-state index is 0. The van der Waals surface area contributed by atoms with Crippen LogP contribution >= 0.6 is 36.4 Å². The maximum Gasteiger partial charge on any atom is 0.133 e. The van der Waals surface area contributed by atoms with E-state index in [1.54, 1.807) is 6.20 Å². The lowest BCUT2D eigenvalue weighted by atomic mass is 10.0. The van der Waals surface area contributed by atoms with Gasteiger partial charge in [0.25, 0.3) is 0 Å². The van der Waals surface area contributed by atoms with Crippen LogP contribution in [0.25, 0.3) is 0 Å². The Kier molecular flexibility index (Phi) is 8.91. The van der Waals surface area contributed by atoms with Gasteiger partial charge in [0, 0.05) is 44.0 Å². The molecule has 1 aromatic heterocycles. The Morgan fingerprint density at radius 1 is 1.39 bits per heavy atom. The third kappa shape index (κ3) is 4.25. The van der Waals surface area contributed by atoms with Crippen LogP contribution in [0.5, 0.6) is 0 Å². The van der Waals surface area contributed by atoms with Crippen LogP contribution < -0.4 is 5.32 Å². The van der Waals surface area contributed by atoms with Crippen LogP contribution in [0.2, 0.25) is 5.15 Å². The van der Waals surface area contributed by atoms with Crippen molar-refractivity contribution in [2.75, 3.05) is 26.2 Å². The van der Waals surface area contributed by atoms with E-state index < -0.39 is 0 Å². The van der Waals surface area contributed by atoms with Crippen LogP contribution in [0.1, 0.15) is 24.9 Å². The molecule has 104 valence electrons. The first-order valence-corrected chi connectivity index (χ1v) is 6.26. The third-order valence-corrected chi connectivity index (χ3v) is 3.44. The van der Waals surface area contributed by atoms with E-state index in [1.807, 2.05) is 6.07 Å². The van der Waals surface area contributed by atoms with Crippen LogP contribution in [0.4, 0.5) is 0 Å². The first kappa shape index (κ1) is 17.9. The molecule has 1 atom stereocenters. The Hall–Kier alpha value is -0.0600. The van der Waals surface area contributed by atoms with Gasteiger partial charge < -0.3 is 5.32 Å². The van der Waals surface area contributed by atoms with E-state index in [2.05, 4.69) is 28.2 Å². The molecule has 6 heteroatoms. The zero-order valence-electron chi connectivity index (χ0n) is 10.4. The summed E-state index contributed by atoms with van der Waals surface area (Å²) >= 11 is 6.16. The molecule has 2 heterocycles. The highest BCUT2D eigenvalue weighted by Crippen LogP contribution is 2.28. The molecule has 2 rings (SSSR count). The highest BCUT2D eigenvalue weighted by molar-refractivity contribution is 6.30. The molecule has 1 aliphatic rings. The van der Waals surface area contributed by atoms with Crippen LogP contribution in [-0.2, 0) is 0 Å². The van der Waals surface area contributed by atoms with Crippen LogP contribution in [0, 0.1) is 0 Å². The molecule has 0 unspecified atom stereocenters. The molecule has 18 heavy (non-hydrogen) atoms. The number of pyridine rings is 1. The normalized spacial score (nSPS) is 17.4. The molecule has 1 saturated heterocycles. The average Bonchev–Trinajstić information content (AvgIpc) is 2.34. The summed E-state index contributed by atoms with van der Waals surface area (Å²) in [6, 6.07) is 4.46. The molecule has 0 spiro atoms. The van der Waals surface area contributed by atoms with Gasteiger partial charge >= 0.3 is 0 Å². The lowest BCUT2D eigenvalue weighted by Gasteiger charge is -2.34. The maximum absolute atomic E-state index is 6.16. The van der Waals surface area contributed by atoms with Gasteiger partial charge in [0.05, 0.1) is 0 Å².